The van der Waals surface area contributed by atoms with Crippen molar-refractivity contribution in [3.8, 4) is 0 Å². The molecule has 0 spiro atoms. The molecule has 122 valence electrons. The molecule has 4 aromatic rings. The molecule has 1 aromatic heterocycles. The van der Waals surface area contributed by atoms with Crippen LogP contribution in [0.25, 0.3) is 11.0 Å². The highest BCUT2D eigenvalue weighted by molar-refractivity contribution is 5.85. The van der Waals surface area contributed by atoms with Gasteiger partial charge in [0.25, 0.3) is 0 Å². The number of fused-ring (bicyclic) bond motifs is 1. The van der Waals surface area contributed by atoms with Gasteiger partial charge in [-0.05, 0) is 43.3 Å². The van der Waals surface area contributed by atoms with E-state index in [1.807, 2.05) is 54.6 Å². The molecule has 25 heavy (non-hydrogen) atoms. The molecule has 0 amide bonds. The molecule has 0 saturated heterocycles. The topological polar surface area (TPSA) is 33.5 Å². The van der Waals surface area contributed by atoms with E-state index in [1.165, 1.54) is 6.07 Å². The average molecular weight is 327 g/mol. The summed E-state index contributed by atoms with van der Waals surface area (Å²) in [6, 6.07) is 27.5. The van der Waals surface area contributed by atoms with Crippen LogP contribution in [0.2, 0.25) is 0 Å². The number of benzene rings is 3. The molecule has 0 fully saturated rings. The lowest BCUT2D eigenvalue weighted by Crippen LogP contribution is -2.10. The van der Waals surface area contributed by atoms with E-state index < -0.39 is 0 Å². The van der Waals surface area contributed by atoms with Gasteiger partial charge in [-0.3, -0.25) is 4.79 Å². The predicted molar refractivity (Wildman–Crippen MR) is 102 cm³/mol. The molecular weight excluding hydrogens is 310 g/mol. The quantitative estimate of drug-likeness (QED) is 0.493. The minimum atomic E-state index is -0.0173. The first-order chi connectivity index (χ1) is 12.2. The summed E-state index contributed by atoms with van der Waals surface area (Å²) < 4.78 is 5.78. The molecule has 4 rings (SSSR count). The second-order valence-corrected chi connectivity index (χ2v) is 5.91. The van der Waals surface area contributed by atoms with Crippen molar-refractivity contribution in [2.45, 2.75) is 6.92 Å². The predicted octanol–water partition coefficient (Wildman–Crippen LogP) is 5.57. The van der Waals surface area contributed by atoms with Gasteiger partial charge in [0.2, 0.25) is 0 Å². The highest BCUT2D eigenvalue weighted by Gasteiger charge is 2.13. The molecule has 0 aliphatic carbocycles. The Morgan fingerprint density at radius 1 is 0.720 bits per heavy atom. The zero-order chi connectivity index (χ0) is 17.2. The van der Waals surface area contributed by atoms with Crippen molar-refractivity contribution < 1.29 is 4.42 Å². The number of aryl methyl sites for hydroxylation is 1. The van der Waals surface area contributed by atoms with Crippen LogP contribution >= 0.6 is 0 Å². The summed E-state index contributed by atoms with van der Waals surface area (Å²) in [5.41, 5.74) is 3.61. The molecule has 3 nitrogen and oxygen atoms in total. The van der Waals surface area contributed by atoms with Crippen LogP contribution in [0.15, 0.2) is 94.1 Å². The summed E-state index contributed by atoms with van der Waals surface area (Å²) in [7, 11) is 0. The van der Waals surface area contributed by atoms with Gasteiger partial charge in [-0.2, -0.15) is 0 Å². The first-order valence-electron chi connectivity index (χ1n) is 8.17. The van der Waals surface area contributed by atoms with Crippen LogP contribution in [0.4, 0.5) is 17.1 Å². The van der Waals surface area contributed by atoms with Gasteiger partial charge in [0, 0.05) is 29.2 Å². The second-order valence-electron chi connectivity index (χ2n) is 5.91. The van der Waals surface area contributed by atoms with E-state index >= 15 is 0 Å². The van der Waals surface area contributed by atoms with Crippen molar-refractivity contribution in [2.75, 3.05) is 4.90 Å². The van der Waals surface area contributed by atoms with Gasteiger partial charge in [0.1, 0.15) is 11.3 Å². The number of anilines is 3. The van der Waals surface area contributed by atoms with Crippen LogP contribution in [0.3, 0.4) is 0 Å². The van der Waals surface area contributed by atoms with Crippen molar-refractivity contribution in [1.82, 2.24) is 0 Å². The SMILES string of the molecule is Cc1cc(=O)c2ccc(N(c3ccccc3)c3ccccc3)cc2o1. The average Bonchev–Trinajstić information content (AvgIpc) is 2.63. The fourth-order valence-corrected chi connectivity index (χ4v) is 3.00. The molecule has 0 aliphatic heterocycles. The van der Waals surface area contributed by atoms with Gasteiger partial charge in [0.15, 0.2) is 5.43 Å². The van der Waals surface area contributed by atoms with Crippen LogP contribution in [0.1, 0.15) is 5.76 Å². The summed E-state index contributed by atoms with van der Waals surface area (Å²) in [5.74, 6) is 0.612. The molecule has 3 aromatic carbocycles. The van der Waals surface area contributed by atoms with Gasteiger partial charge in [-0.25, -0.2) is 0 Å². The van der Waals surface area contributed by atoms with Gasteiger partial charge in [-0.1, -0.05) is 36.4 Å². The first kappa shape index (κ1) is 15.2. The summed E-state index contributed by atoms with van der Waals surface area (Å²) in [4.78, 5) is 14.3. The maximum Gasteiger partial charge on any atom is 0.192 e. The van der Waals surface area contributed by atoms with E-state index in [-0.39, 0.29) is 5.43 Å². The fourth-order valence-electron chi connectivity index (χ4n) is 3.00. The first-order valence-corrected chi connectivity index (χ1v) is 8.17. The highest BCUT2D eigenvalue weighted by Crippen LogP contribution is 2.35. The number of para-hydroxylation sites is 2. The van der Waals surface area contributed by atoms with Crippen LogP contribution in [0, 0.1) is 6.92 Å². The monoisotopic (exact) mass is 327 g/mol. The van der Waals surface area contributed by atoms with Gasteiger partial charge in [-0.15, -0.1) is 0 Å². The van der Waals surface area contributed by atoms with Crippen molar-refractivity contribution >= 4 is 28.0 Å². The lowest BCUT2D eigenvalue weighted by molar-refractivity contribution is 0.565. The fraction of sp³-hybridized carbons (Fsp3) is 0.0455. The molecule has 1 heterocycles. The lowest BCUT2D eigenvalue weighted by atomic mass is 10.1. The maximum atomic E-state index is 12.1. The Morgan fingerprint density at radius 2 is 1.32 bits per heavy atom. The number of rotatable bonds is 3. The summed E-state index contributed by atoms with van der Waals surface area (Å²) >= 11 is 0. The Kier molecular flexibility index (Phi) is 3.82. The van der Waals surface area contributed by atoms with E-state index in [0.717, 1.165) is 17.1 Å². The smallest absolute Gasteiger partial charge is 0.192 e. The van der Waals surface area contributed by atoms with E-state index in [2.05, 4.69) is 29.2 Å². The number of nitrogens with zero attached hydrogens (tertiary/aromatic N) is 1. The summed E-state index contributed by atoms with van der Waals surface area (Å²) in [5, 5.41) is 0.593. The normalized spacial score (nSPS) is 10.8. The summed E-state index contributed by atoms with van der Waals surface area (Å²) in [6.07, 6.45) is 0. The van der Waals surface area contributed by atoms with E-state index in [9.17, 15) is 4.79 Å². The van der Waals surface area contributed by atoms with E-state index in [4.69, 9.17) is 4.42 Å². The molecule has 0 N–H and O–H groups in total. The van der Waals surface area contributed by atoms with Crippen molar-refractivity contribution in [3.05, 3.63) is 101 Å². The van der Waals surface area contributed by atoms with Gasteiger partial charge < -0.3 is 9.32 Å². The molecule has 0 saturated carbocycles. The third-order valence-corrected chi connectivity index (χ3v) is 4.12. The van der Waals surface area contributed by atoms with E-state index in [0.29, 0.717) is 16.7 Å². The second kappa shape index (κ2) is 6.29. The molecule has 0 aliphatic rings. The van der Waals surface area contributed by atoms with Crippen LogP contribution in [-0.4, -0.2) is 0 Å². The number of hydrogen-bond donors (Lipinski definition) is 0. The van der Waals surface area contributed by atoms with Crippen LogP contribution < -0.4 is 10.3 Å². The standard InChI is InChI=1S/C22H17NO2/c1-16-14-21(24)20-13-12-19(15-22(20)25-16)23(17-8-4-2-5-9-17)18-10-6-3-7-11-18/h2-15H,1H3. The Balaban J connectivity index is 1.94. The van der Waals surface area contributed by atoms with Crippen LogP contribution in [0.5, 0.6) is 0 Å². The van der Waals surface area contributed by atoms with Crippen molar-refractivity contribution in [2.24, 2.45) is 0 Å². The molecule has 0 unspecified atom stereocenters. The third kappa shape index (κ3) is 2.92. The number of hydrogen-bond acceptors (Lipinski definition) is 3. The van der Waals surface area contributed by atoms with Crippen molar-refractivity contribution in [3.63, 3.8) is 0 Å². The van der Waals surface area contributed by atoms with Crippen LogP contribution in [-0.2, 0) is 0 Å². The Hall–Kier alpha value is -3.33. The van der Waals surface area contributed by atoms with Gasteiger partial charge >= 0.3 is 0 Å². The lowest BCUT2D eigenvalue weighted by Gasteiger charge is -2.25. The third-order valence-electron chi connectivity index (χ3n) is 4.12. The molecular formula is C22H17NO2. The Bertz CT molecular complexity index is 1030. The molecule has 0 radical (unpaired) electrons. The zero-order valence-electron chi connectivity index (χ0n) is 13.8. The van der Waals surface area contributed by atoms with E-state index in [1.54, 1.807) is 6.92 Å². The van der Waals surface area contributed by atoms with Crippen molar-refractivity contribution in [1.29, 1.82) is 0 Å². The Labute approximate surface area is 145 Å². The molecule has 0 atom stereocenters. The Morgan fingerprint density at radius 3 is 1.92 bits per heavy atom. The molecule has 3 heteroatoms. The minimum absolute atomic E-state index is 0.0173. The largest absolute Gasteiger partial charge is 0.461 e. The molecule has 0 bridgehead atoms. The zero-order valence-corrected chi connectivity index (χ0v) is 13.8. The summed E-state index contributed by atoms with van der Waals surface area (Å²) in [6.45, 7) is 1.79. The highest BCUT2D eigenvalue weighted by atomic mass is 16.3. The minimum Gasteiger partial charge on any atom is -0.461 e. The van der Waals surface area contributed by atoms with Gasteiger partial charge in [0.05, 0.1) is 5.39 Å². The maximum absolute atomic E-state index is 12.1.